The highest BCUT2D eigenvalue weighted by Gasteiger charge is 2.36. The molecule has 0 aromatic carbocycles. The van der Waals surface area contributed by atoms with Crippen LogP contribution < -0.4 is 11.2 Å². The van der Waals surface area contributed by atoms with Gasteiger partial charge in [-0.3, -0.25) is 23.8 Å². The standard InChI is InChI=1S/C16H29N4O5PS/c1-11(2)19-8-13(10-24-26(23,12(3)27)18(4)5)25-15(9-19)20-7-6-14(21)17-16(20)22/h6-7,11-13,15,27H,8-10H2,1-5H3,(H,17,21,22)/t12?,13-,15+,26?/m0/s1. The van der Waals surface area contributed by atoms with Crippen molar-refractivity contribution in [3.05, 3.63) is 33.1 Å². The van der Waals surface area contributed by atoms with Gasteiger partial charge in [0.25, 0.3) is 13.1 Å². The summed E-state index contributed by atoms with van der Waals surface area (Å²) in [6, 6.07) is 1.51. The Hall–Kier alpha value is -0.900. The second kappa shape index (κ2) is 9.07. The topological polar surface area (TPSA) is 96.9 Å². The summed E-state index contributed by atoms with van der Waals surface area (Å²) in [5.74, 6) is 0. The summed E-state index contributed by atoms with van der Waals surface area (Å²) in [5, 5.41) is 0. The number of nitrogens with zero attached hydrogens (tertiary/aromatic N) is 3. The lowest BCUT2D eigenvalue weighted by molar-refractivity contribution is -0.139. The number of rotatable bonds is 7. The van der Waals surface area contributed by atoms with E-state index in [0.29, 0.717) is 13.1 Å². The third kappa shape index (κ3) is 5.34. The molecule has 0 saturated carbocycles. The van der Waals surface area contributed by atoms with Crippen LogP contribution in [0.4, 0.5) is 0 Å². The van der Waals surface area contributed by atoms with Crippen LogP contribution in [0.2, 0.25) is 0 Å². The molecule has 27 heavy (non-hydrogen) atoms. The van der Waals surface area contributed by atoms with Crippen LogP contribution in [0.1, 0.15) is 27.0 Å². The van der Waals surface area contributed by atoms with Gasteiger partial charge < -0.3 is 9.26 Å². The summed E-state index contributed by atoms with van der Waals surface area (Å²) in [6.07, 6.45) is 0.463. The van der Waals surface area contributed by atoms with E-state index in [4.69, 9.17) is 9.26 Å². The Balaban J connectivity index is 2.20. The van der Waals surface area contributed by atoms with Crippen molar-refractivity contribution in [1.29, 1.82) is 0 Å². The van der Waals surface area contributed by atoms with E-state index in [1.54, 1.807) is 25.7 Å². The van der Waals surface area contributed by atoms with Crippen molar-refractivity contribution in [2.24, 2.45) is 0 Å². The fourth-order valence-electron chi connectivity index (χ4n) is 2.91. The minimum Gasteiger partial charge on any atom is -0.350 e. The molecule has 2 heterocycles. The van der Waals surface area contributed by atoms with Crippen LogP contribution in [0.3, 0.4) is 0 Å². The van der Waals surface area contributed by atoms with Crippen molar-refractivity contribution in [3.8, 4) is 0 Å². The van der Waals surface area contributed by atoms with Crippen molar-refractivity contribution < 1.29 is 13.8 Å². The largest absolute Gasteiger partial charge is 0.350 e. The SMILES string of the molecule is CC(C)N1C[C@@H](COP(=O)(C(C)S)N(C)C)O[C@@H](n2ccc(=O)[nH]c2=O)C1. The van der Waals surface area contributed by atoms with Gasteiger partial charge in [0.1, 0.15) is 0 Å². The Bertz CT molecular complexity index is 782. The van der Waals surface area contributed by atoms with Crippen molar-refractivity contribution in [3.63, 3.8) is 0 Å². The maximum atomic E-state index is 13.0. The Morgan fingerprint density at radius 1 is 1.37 bits per heavy atom. The van der Waals surface area contributed by atoms with Crippen LogP contribution in [0.5, 0.6) is 0 Å². The summed E-state index contributed by atoms with van der Waals surface area (Å²) < 4.78 is 27.7. The number of aromatic nitrogens is 2. The van der Waals surface area contributed by atoms with E-state index in [2.05, 4.69) is 36.4 Å². The molecule has 0 bridgehead atoms. The van der Waals surface area contributed by atoms with Crippen LogP contribution in [-0.4, -0.2) is 70.0 Å². The molecule has 11 heteroatoms. The average molecular weight is 420 g/mol. The molecular weight excluding hydrogens is 391 g/mol. The number of hydrogen-bond donors (Lipinski definition) is 2. The third-order valence-electron chi connectivity index (χ3n) is 4.55. The van der Waals surface area contributed by atoms with E-state index in [1.807, 2.05) is 0 Å². The van der Waals surface area contributed by atoms with Crippen LogP contribution >= 0.6 is 20.1 Å². The first-order chi connectivity index (χ1) is 12.5. The van der Waals surface area contributed by atoms with Crippen LogP contribution in [0, 0.1) is 0 Å². The normalized spacial score (nSPS) is 24.9. The lowest BCUT2D eigenvalue weighted by Gasteiger charge is -2.41. The zero-order valence-corrected chi connectivity index (χ0v) is 18.2. The zero-order valence-electron chi connectivity index (χ0n) is 16.4. The molecule has 4 atom stereocenters. The smallest absolute Gasteiger partial charge is 0.330 e. The number of H-pyrrole nitrogens is 1. The van der Waals surface area contributed by atoms with E-state index in [0.717, 1.165) is 0 Å². The summed E-state index contributed by atoms with van der Waals surface area (Å²) in [4.78, 5) is 27.4. The van der Waals surface area contributed by atoms with E-state index in [-0.39, 0.29) is 18.8 Å². The van der Waals surface area contributed by atoms with Crippen molar-refractivity contribution in [1.82, 2.24) is 19.1 Å². The molecule has 1 fully saturated rings. The van der Waals surface area contributed by atoms with Gasteiger partial charge in [0, 0.05) is 31.4 Å². The highest BCUT2D eigenvalue weighted by Crippen LogP contribution is 2.55. The molecule has 1 aromatic heterocycles. The lowest BCUT2D eigenvalue weighted by atomic mass is 10.2. The summed E-state index contributed by atoms with van der Waals surface area (Å²) in [6.45, 7) is 7.02. The molecule has 1 N–H and O–H groups in total. The minimum absolute atomic E-state index is 0.109. The predicted molar refractivity (Wildman–Crippen MR) is 108 cm³/mol. The molecule has 0 radical (unpaired) electrons. The molecule has 0 aliphatic carbocycles. The van der Waals surface area contributed by atoms with E-state index >= 15 is 0 Å². The monoisotopic (exact) mass is 420 g/mol. The molecule has 1 aromatic rings. The number of aromatic amines is 1. The minimum atomic E-state index is -3.10. The molecule has 0 spiro atoms. The second-order valence-electron chi connectivity index (χ2n) is 7.12. The van der Waals surface area contributed by atoms with Crippen molar-refractivity contribution in [2.75, 3.05) is 33.8 Å². The van der Waals surface area contributed by atoms with Gasteiger partial charge in [0.05, 0.1) is 17.7 Å². The van der Waals surface area contributed by atoms with E-state index in [9.17, 15) is 14.2 Å². The van der Waals surface area contributed by atoms with Gasteiger partial charge in [-0.15, -0.1) is 0 Å². The Morgan fingerprint density at radius 3 is 2.56 bits per heavy atom. The van der Waals surface area contributed by atoms with Gasteiger partial charge in [0.2, 0.25) is 0 Å². The van der Waals surface area contributed by atoms with E-state index < -0.39 is 30.0 Å². The van der Waals surface area contributed by atoms with Gasteiger partial charge >= 0.3 is 5.69 Å². The summed E-state index contributed by atoms with van der Waals surface area (Å²) >= 11 is 4.30. The first-order valence-electron chi connectivity index (χ1n) is 8.85. The Kier molecular flexibility index (Phi) is 7.52. The van der Waals surface area contributed by atoms with Gasteiger partial charge in [-0.1, -0.05) is 0 Å². The number of ether oxygens (including phenoxy) is 1. The summed E-state index contributed by atoms with van der Waals surface area (Å²) in [7, 11) is 0.287. The quantitative estimate of drug-likeness (QED) is 0.505. The predicted octanol–water partition coefficient (Wildman–Crippen LogP) is 1.19. The highest BCUT2D eigenvalue weighted by atomic mass is 32.1. The Morgan fingerprint density at radius 2 is 2.04 bits per heavy atom. The van der Waals surface area contributed by atoms with Crippen LogP contribution in [-0.2, 0) is 13.8 Å². The maximum absolute atomic E-state index is 13.0. The zero-order chi connectivity index (χ0) is 20.4. The van der Waals surface area contributed by atoms with Crippen LogP contribution in [0.15, 0.2) is 21.9 Å². The fourth-order valence-corrected chi connectivity index (χ4v) is 5.23. The number of morpholine rings is 1. The molecule has 154 valence electrons. The van der Waals surface area contributed by atoms with Gasteiger partial charge in [-0.2, -0.15) is 12.6 Å². The first kappa shape index (κ1) is 22.4. The van der Waals surface area contributed by atoms with Crippen molar-refractivity contribution >= 4 is 20.1 Å². The lowest BCUT2D eigenvalue weighted by Crippen LogP contribution is -2.51. The molecule has 2 rings (SSSR count). The molecule has 1 aliphatic rings. The average Bonchev–Trinajstić information content (AvgIpc) is 2.58. The van der Waals surface area contributed by atoms with Crippen LogP contribution in [0.25, 0.3) is 0 Å². The molecular formula is C16H29N4O5PS. The summed E-state index contributed by atoms with van der Waals surface area (Å²) in [5.41, 5.74) is -0.983. The first-order valence-corrected chi connectivity index (χ1v) is 11.0. The number of nitrogens with one attached hydrogen (secondary N) is 1. The van der Waals surface area contributed by atoms with E-state index in [1.165, 1.54) is 16.8 Å². The fraction of sp³-hybridized carbons (Fsp3) is 0.750. The molecule has 1 saturated heterocycles. The Labute approximate surface area is 164 Å². The molecule has 0 amide bonds. The third-order valence-corrected chi connectivity index (χ3v) is 8.00. The van der Waals surface area contributed by atoms with Gasteiger partial charge in [0.15, 0.2) is 6.23 Å². The molecule has 2 unspecified atom stereocenters. The van der Waals surface area contributed by atoms with Crippen molar-refractivity contribution in [2.45, 2.75) is 44.1 Å². The number of thiol groups is 1. The highest BCUT2D eigenvalue weighted by molar-refractivity contribution is 7.90. The van der Waals surface area contributed by atoms with Gasteiger partial charge in [-0.05, 0) is 34.9 Å². The molecule has 1 aliphatic heterocycles. The number of hydrogen-bond acceptors (Lipinski definition) is 7. The molecule has 9 nitrogen and oxygen atoms in total. The second-order valence-corrected chi connectivity index (χ2v) is 11.3. The maximum Gasteiger partial charge on any atom is 0.330 e. The van der Waals surface area contributed by atoms with Gasteiger partial charge in [-0.25, -0.2) is 9.46 Å².